The normalized spacial score (nSPS) is 23.3. The third-order valence-corrected chi connectivity index (χ3v) is 6.14. The van der Waals surface area contributed by atoms with Gasteiger partial charge in [-0.1, -0.05) is 11.6 Å². The average molecular weight is 400 g/mol. The van der Waals surface area contributed by atoms with Crippen molar-refractivity contribution in [3.63, 3.8) is 0 Å². The van der Waals surface area contributed by atoms with Gasteiger partial charge in [-0.05, 0) is 43.0 Å². The fourth-order valence-corrected chi connectivity index (χ4v) is 5.03. The van der Waals surface area contributed by atoms with Crippen molar-refractivity contribution in [2.75, 3.05) is 7.11 Å². The van der Waals surface area contributed by atoms with Crippen LogP contribution >= 0.6 is 11.6 Å². The summed E-state index contributed by atoms with van der Waals surface area (Å²) in [7, 11) is -2.18. The van der Waals surface area contributed by atoms with E-state index in [2.05, 4.69) is 9.82 Å². The van der Waals surface area contributed by atoms with Gasteiger partial charge in [0.05, 0.1) is 19.0 Å². The molecule has 0 bridgehead atoms. The van der Waals surface area contributed by atoms with Gasteiger partial charge >= 0.3 is 0 Å². The minimum atomic E-state index is -3.66. The summed E-state index contributed by atoms with van der Waals surface area (Å²) in [6.45, 7) is 0.657. The van der Waals surface area contributed by atoms with Gasteiger partial charge in [-0.3, -0.25) is 4.68 Å². The molecule has 1 saturated carbocycles. The molecule has 1 unspecified atom stereocenters. The van der Waals surface area contributed by atoms with Crippen LogP contribution in [-0.4, -0.2) is 42.6 Å². The molecular weight excluding hydrogens is 378 g/mol. The molecule has 142 valence electrons. The number of rotatable bonds is 7. The number of hydrogen-bond acceptors (Lipinski definition) is 5. The quantitative estimate of drug-likeness (QED) is 0.740. The first-order chi connectivity index (χ1) is 12.4. The lowest BCUT2D eigenvalue weighted by molar-refractivity contribution is 0.154. The van der Waals surface area contributed by atoms with E-state index in [1.54, 1.807) is 29.1 Å². The molecule has 1 aliphatic carbocycles. The van der Waals surface area contributed by atoms with Crippen molar-refractivity contribution in [1.82, 2.24) is 14.5 Å². The Bertz CT molecular complexity index is 842. The number of benzene rings is 1. The Morgan fingerprint density at radius 2 is 2.23 bits per heavy atom. The molecule has 1 heterocycles. The summed E-state index contributed by atoms with van der Waals surface area (Å²) < 4.78 is 34.8. The van der Waals surface area contributed by atoms with E-state index in [1.165, 1.54) is 7.11 Å². The Morgan fingerprint density at radius 3 is 2.92 bits per heavy atom. The number of aliphatic hydroxyl groups is 1. The van der Waals surface area contributed by atoms with E-state index in [0.717, 1.165) is 0 Å². The number of aromatic nitrogens is 2. The molecule has 1 fully saturated rings. The zero-order chi connectivity index (χ0) is 18.7. The first-order valence-electron chi connectivity index (χ1n) is 8.34. The zero-order valence-electron chi connectivity index (χ0n) is 14.4. The number of aliphatic hydroxyl groups excluding tert-OH is 1. The van der Waals surface area contributed by atoms with Crippen LogP contribution in [0.15, 0.2) is 36.7 Å². The van der Waals surface area contributed by atoms with Gasteiger partial charge in [0.1, 0.15) is 5.75 Å². The molecule has 0 saturated heterocycles. The fourth-order valence-electron chi connectivity index (χ4n) is 3.40. The number of halogens is 1. The lowest BCUT2D eigenvalue weighted by atomic mass is 10.1. The van der Waals surface area contributed by atoms with Crippen molar-refractivity contribution in [2.45, 2.75) is 37.3 Å². The molecule has 2 aromatic rings. The fraction of sp³-hybridized carbons (Fsp3) is 0.471. The van der Waals surface area contributed by atoms with Gasteiger partial charge in [0, 0.05) is 35.6 Å². The maximum Gasteiger partial charge on any atom is 0.216 e. The third-order valence-electron chi connectivity index (χ3n) is 4.55. The molecule has 1 aromatic heterocycles. The third kappa shape index (κ3) is 4.76. The highest BCUT2D eigenvalue weighted by Crippen LogP contribution is 2.29. The summed E-state index contributed by atoms with van der Waals surface area (Å²) in [4.78, 5) is 0. The molecular formula is C17H22ClN3O4S. The Kier molecular flexibility index (Phi) is 5.86. The van der Waals surface area contributed by atoms with Gasteiger partial charge in [0.15, 0.2) is 0 Å². The summed E-state index contributed by atoms with van der Waals surface area (Å²) in [5.74, 6) is 0.366. The SMILES string of the molecule is COc1ccc(Cl)cc1CS(=O)(=O)N[C@@H]1CC(Cn2cccn2)C[C@H]1O. The highest BCUT2D eigenvalue weighted by molar-refractivity contribution is 7.88. The van der Waals surface area contributed by atoms with E-state index < -0.39 is 22.2 Å². The number of methoxy groups -OCH3 is 1. The van der Waals surface area contributed by atoms with Crippen LogP contribution in [0.3, 0.4) is 0 Å². The van der Waals surface area contributed by atoms with Crippen LogP contribution < -0.4 is 9.46 Å². The van der Waals surface area contributed by atoms with Crippen LogP contribution in [0.5, 0.6) is 5.75 Å². The van der Waals surface area contributed by atoms with Gasteiger partial charge in [-0.2, -0.15) is 5.10 Å². The Labute approximate surface area is 158 Å². The maximum absolute atomic E-state index is 12.6. The number of ether oxygens (including phenoxy) is 1. The highest BCUT2D eigenvalue weighted by atomic mass is 35.5. The molecule has 9 heteroatoms. The largest absolute Gasteiger partial charge is 0.496 e. The molecule has 0 amide bonds. The molecule has 7 nitrogen and oxygen atoms in total. The maximum atomic E-state index is 12.6. The monoisotopic (exact) mass is 399 g/mol. The number of nitrogens with zero attached hydrogens (tertiary/aromatic N) is 2. The van der Waals surface area contributed by atoms with Crippen molar-refractivity contribution >= 4 is 21.6 Å². The first-order valence-corrected chi connectivity index (χ1v) is 10.4. The van der Waals surface area contributed by atoms with Gasteiger partial charge in [-0.15, -0.1) is 0 Å². The summed E-state index contributed by atoms with van der Waals surface area (Å²) >= 11 is 5.96. The van der Waals surface area contributed by atoms with Crippen LogP contribution in [0.2, 0.25) is 5.02 Å². The Morgan fingerprint density at radius 1 is 1.42 bits per heavy atom. The molecule has 2 N–H and O–H groups in total. The summed E-state index contributed by atoms with van der Waals surface area (Å²) in [5.41, 5.74) is 0.480. The van der Waals surface area contributed by atoms with Crippen LogP contribution in [0.1, 0.15) is 18.4 Å². The summed E-state index contributed by atoms with van der Waals surface area (Å²) in [6.07, 6.45) is 3.94. The standard InChI is InChI=1S/C17H22ClN3O4S/c1-25-17-4-3-14(18)9-13(17)11-26(23,24)20-15-7-12(8-16(15)22)10-21-6-2-5-19-21/h2-6,9,12,15-16,20,22H,7-8,10-11H2,1H3/t12?,15-,16-/m1/s1. The lowest BCUT2D eigenvalue weighted by Gasteiger charge is -2.17. The van der Waals surface area contributed by atoms with E-state index in [0.29, 0.717) is 35.7 Å². The van der Waals surface area contributed by atoms with Crippen molar-refractivity contribution < 1.29 is 18.3 Å². The summed E-state index contributed by atoms with van der Waals surface area (Å²) in [6, 6.07) is 6.18. The number of nitrogens with one attached hydrogen (secondary N) is 1. The van der Waals surface area contributed by atoms with Crippen LogP contribution in [-0.2, 0) is 22.3 Å². The molecule has 26 heavy (non-hydrogen) atoms. The average Bonchev–Trinajstić information content (AvgIpc) is 3.17. The predicted molar refractivity (Wildman–Crippen MR) is 98.5 cm³/mol. The Hall–Kier alpha value is -1.61. The van der Waals surface area contributed by atoms with Gasteiger partial charge < -0.3 is 9.84 Å². The predicted octanol–water partition coefficient (Wildman–Crippen LogP) is 1.80. The second-order valence-corrected chi connectivity index (χ2v) is 8.76. The van der Waals surface area contributed by atoms with E-state index in [9.17, 15) is 13.5 Å². The number of sulfonamides is 1. The minimum Gasteiger partial charge on any atom is -0.496 e. The first kappa shape index (κ1) is 19.2. The van der Waals surface area contributed by atoms with E-state index >= 15 is 0 Å². The molecule has 3 atom stereocenters. The zero-order valence-corrected chi connectivity index (χ0v) is 15.9. The molecule has 1 aliphatic rings. The van der Waals surface area contributed by atoms with Crippen molar-refractivity contribution in [3.05, 3.63) is 47.2 Å². The van der Waals surface area contributed by atoms with Gasteiger partial charge in [0.2, 0.25) is 10.0 Å². The van der Waals surface area contributed by atoms with E-state index in [-0.39, 0.29) is 11.7 Å². The highest BCUT2D eigenvalue weighted by Gasteiger charge is 2.35. The number of hydrogen-bond donors (Lipinski definition) is 2. The molecule has 0 radical (unpaired) electrons. The topological polar surface area (TPSA) is 93.5 Å². The molecule has 3 rings (SSSR count). The molecule has 0 aliphatic heterocycles. The molecule has 1 aromatic carbocycles. The van der Waals surface area contributed by atoms with Crippen LogP contribution in [0.4, 0.5) is 0 Å². The van der Waals surface area contributed by atoms with E-state index in [4.69, 9.17) is 16.3 Å². The van der Waals surface area contributed by atoms with Crippen molar-refractivity contribution in [2.24, 2.45) is 5.92 Å². The van der Waals surface area contributed by atoms with Gasteiger partial charge in [-0.25, -0.2) is 13.1 Å². The van der Waals surface area contributed by atoms with Crippen molar-refractivity contribution in [3.8, 4) is 5.75 Å². The molecule has 0 spiro atoms. The second-order valence-electron chi connectivity index (χ2n) is 6.57. The van der Waals surface area contributed by atoms with Crippen LogP contribution in [0.25, 0.3) is 0 Å². The van der Waals surface area contributed by atoms with Crippen LogP contribution in [0, 0.1) is 5.92 Å². The summed E-state index contributed by atoms with van der Waals surface area (Å²) in [5, 5.41) is 14.9. The minimum absolute atomic E-state index is 0.165. The van der Waals surface area contributed by atoms with E-state index in [1.807, 2.05) is 12.3 Å². The van der Waals surface area contributed by atoms with Gasteiger partial charge in [0.25, 0.3) is 0 Å². The lowest BCUT2D eigenvalue weighted by Crippen LogP contribution is -2.40. The second kappa shape index (κ2) is 7.96. The smallest absolute Gasteiger partial charge is 0.216 e. The van der Waals surface area contributed by atoms with Crippen molar-refractivity contribution in [1.29, 1.82) is 0 Å². The Balaban J connectivity index is 1.65.